The minimum atomic E-state index is 0.622. The number of aromatic nitrogens is 1. The maximum atomic E-state index is 5.46. The lowest BCUT2D eigenvalue weighted by Gasteiger charge is -2.03. The Kier molecular flexibility index (Phi) is 5.75. The highest BCUT2D eigenvalue weighted by atomic mass is 79.9. The zero-order chi connectivity index (χ0) is 10.2. The Balaban J connectivity index is 2.18. The first-order valence-corrected chi connectivity index (χ1v) is 5.49. The van der Waals surface area contributed by atoms with Crippen LogP contribution in [0.5, 0.6) is 0 Å². The van der Waals surface area contributed by atoms with Gasteiger partial charge in [-0.3, -0.25) is 4.98 Å². The van der Waals surface area contributed by atoms with Gasteiger partial charge >= 0.3 is 0 Å². The second kappa shape index (κ2) is 6.92. The molecule has 0 aliphatic rings. The number of hydrogen-bond donors (Lipinski definition) is 1. The van der Waals surface area contributed by atoms with E-state index in [2.05, 4.69) is 20.9 Å². The fourth-order valence-corrected chi connectivity index (χ4v) is 1.49. The monoisotopic (exact) mass is 258 g/mol. The van der Waals surface area contributed by atoms with Gasteiger partial charge in [0.25, 0.3) is 0 Å². The molecule has 1 aromatic rings. The van der Waals surface area contributed by atoms with E-state index in [4.69, 9.17) is 10.5 Å². The maximum absolute atomic E-state index is 5.46. The average Bonchev–Trinajstić information content (AvgIpc) is 2.18. The molecule has 0 amide bonds. The van der Waals surface area contributed by atoms with E-state index >= 15 is 0 Å². The first-order valence-electron chi connectivity index (χ1n) is 4.70. The third-order valence-electron chi connectivity index (χ3n) is 1.77. The van der Waals surface area contributed by atoms with Crippen molar-refractivity contribution in [2.45, 2.75) is 19.4 Å². The molecule has 0 unspecified atom stereocenters. The van der Waals surface area contributed by atoms with Crippen molar-refractivity contribution in [1.29, 1.82) is 0 Å². The topological polar surface area (TPSA) is 48.1 Å². The van der Waals surface area contributed by atoms with Crippen LogP contribution in [0.4, 0.5) is 0 Å². The van der Waals surface area contributed by atoms with E-state index in [1.807, 2.05) is 12.3 Å². The van der Waals surface area contributed by atoms with Gasteiger partial charge in [-0.25, -0.2) is 0 Å². The minimum absolute atomic E-state index is 0.622. The lowest BCUT2D eigenvalue weighted by atomic mass is 10.3. The third-order valence-corrected chi connectivity index (χ3v) is 2.21. The summed E-state index contributed by atoms with van der Waals surface area (Å²) < 4.78 is 6.45. The van der Waals surface area contributed by atoms with Crippen LogP contribution in [0.1, 0.15) is 18.4 Å². The van der Waals surface area contributed by atoms with Crippen LogP contribution in [0.25, 0.3) is 0 Å². The van der Waals surface area contributed by atoms with Gasteiger partial charge in [0.2, 0.25) is 0 Å². The van der Waals surface area contributed by atoms with E-state index in [9.17, 15) is 0 Å². The molecule has 0 spiro atoms. The smallest absolute Gasteiger partial charge is 0.0732 e. The number of rotatable bonds is 6. The van der Waals surface area contributed by atoms with Crippen LogP contribution < -0.4 is 5.73 Å². The van der Waals surface area contributed by atoms with Gasteiger partial charge in [-0.1, -0.05) is 0 Å². The summed E-state index contributed by atoms with van der Waals surface area (Å²) >= 11 is 3.36. The molecule has 1 heterocycles. The van der Waals surface area contributed by atoms with E-state index in [1.54, 1.807) is 6.20 Å². The highest BCUT2D eigenvalue weighted by Gasteiger charge is 1.94. The zero-order valence-corrected chi connectivity index (χ0v) is 9.66. The fourth-order valence-electron chi connectivity index (χ4n) is 1.07. The van der Waals surface area contributed by atoms with Crippen molar-refractivity contribution in [2.24, 2.45) is 5.73 Å². The Morgan fingerprint density at radius 1 is 1.36 bits per heavy atom. The largest absolute Gasteiger partial charge is 0.377 e. The first-order chi connectivity index (χ1) is 6.83. The molecule has 3 nitrogen and oxygen atoms in total. The minimum Gasteiger partial charge on any atom is -0.377 e. The van der Waals surface area contributed by atoms with Crippen LogP contribution in [0.2, 0.25) is 0 Å². The number of hydrogen-bond acceptors (Lipinski definition) is 3. The zero-order valence-electron chi connectivity index (χ0n) is 8.08. The number of halogens is 1. The van der Waals surface area contributed by atoms with Crippen LogP contribution in [-0.4, -0.2) is 18.1 Å². The average molecular weight is 259 g/mol. The molecular formula is C10H15BrN2O. The molecule has 4 heteroatoms. The van der Waals surface area contributed by atoms with Gasteiger partial charge in [0, 0.05) is 23.5 Å². The number of ether oxygens (including phenoxy) is 1. The molecule has 78 valence electrons. The number of nitrogens with two attached hydrogens (primary N) is 1. The Bertz CT molecular complexity index is 268. The molecule has 2 N–H and O–H groups in total. The predicted molar refractivity (Wildman–Crippen MR) is 59.9 cm³/mol. The van der Waals surface area contributed by atoms with Crippen LogP contribution in [0.15, 0.2) is 22.9 Å². The Hall–Kier alpha value is -0.450. The molecule has 0 radical (unpaired) electrons. The van der Waals surface area contributed by atoms with E-state index in [0.717, 1.165) is 36.0 Å². The Morgan fingerprint density at radius 2 is 2.21 bits per heavy atom. The SMILES string of the molecule is NCCCCOCc1cncc(Br)c1. The van der Waals surface area contributed by atoms with Gasteiger partial charge in [-0.05, 0) is 46.9 Å². The standard InChI is InChI=1S/C10H15BrN2O/c11-10-5-9(6-13-7-10)8-14-4-2-1-3-12/h5-7H,1-4,8,12H2. The quantitative estimate of drug-likeness (QED) is 0.796. The number of nitrogens with zero attached hydrogens (tertiary/aromatic N) is 1. The molecule has 14 heavy (non-hydrogen) atoms. The molecule has 0 saturated carbocycles. The summed E-state index contributed by atoms with van der Waals surface area (Å²) in [6.07, 6.45) is 5.63. The fraction of sp³-hybridized carbons (Fsp3) is 0.500. The van der Waals surface area contributed by atoms with E-state index in [-0.39, 0.29) is 0 Å². The molecule has 0 saturated heterocycles. The summed E-state index contributed by atoms with van der Waals surface area (Å²) in [5.74, 6) is 0. The first kappa shape index (κ1) is 11.6. The van der Waals surface area contributed by atoms with Crippen molar-refractivity contribution in [3.05, 3.63) is 28.5 Å². The lowest BCUT2D eigenvalue weighted by Crippen LogP contribution is -2.02. The van der Waals surface area contributed by atoms with Gasteiger partial charge in [-0.2, -0.15) is 0 Å². The molecule has 0 fully saturated rings. The van der Waals surface area contributed by atoms with Gasteiger partial charge in [0.1, 0.15) is 0 Å². The molecule has 0 atom stereocenters. The van der Waals surface area contributed by atoms with Gasteiger partial charge in [-0.15, -0.1) is 0 Å². The van der Waals surface area contributed by atoms with E-state index < -0.39 is 0 Å². The van der Waals surface area contributed by atoms with Crippen molar-refractivity contribution in [3.8, 4) is 0 Å². The van der Waals surface area contributed by atoms with Crippen LogP contribution in [0, 0.1) is 0 Å². The summed E-state index contributed by atoms with van der Waals surface area (Å²) in [4.78, 5) is 4.05. The van der Waals surface area contributed by atoms with Crippen molar-refractivity contribution >= 4 is 15.9 Å². The molecule has 0 aliphatic heterocycles. The van der Waals surface area contributed by atoms with Crippen molar-refractivity contribution in [3.63, 3.8) is 0 Å². The predicted octanol–water partition coefficient (Wildman–Crippen LogP) is 2.10. The second-order valence-electron chi connectivity index (χ2n) is 3.06. The van der Waals surface area contributed by atoms with E-state index in [0.29, 0.717) is 6.61 Å². The molecule has 1 aromatic heterocycles. The summed E-state index contributed by atoms with van der Waals surface area (Å²) in [7, 11) is 0. The molecule has 1 rings (SSSR count). The highest BCUT2D eigenvalue weighted by molar-refractivity contribution is 9.10. The summed E-state index contributed by atoms with van der Waals surface area (Å²) in [6.45, 7) is 2.13. The maximum Gasteiger partial charge on any atom is 0.0732 e. The molecule has 0 aliphatic carbocycles. The summed E-state index contributed by atoms with van der Waals surface area (Å²) in [5, 5.41) is 0. The Labute approximate surface area is 92.8 Å². The highest BCUT2D eigenvalue weighted by Crippen LogP contribution is 2.10. The lowest BCUT2D eigenvalue weighted by molar-refractivity contribution is 0.117. The molecule has 0 aromatic carbocycles. The second-order valence-corrected chi connectivity index (χ2v) is 3.98. The van der Waals surface area contributed by atoms with Crippen molar-refractivity contribution in [2.75, 3.05) is 13.2 Å². The van der Waals surface area contributed by atoms with Crippen LogP contribution >= 0.6 is 15.9 Å². The molecule has 0 bridgehead atoms. The van der Waals surface area contributed by atoms with Gasteiger partial charge in [0.05, 0.1) is 6.61 Å². The van der Waals surface area contributed by atoms with Gasteiger partial charge in [0.15, 0.2) is 0 Å². The van der Waals surface area contributed by atoms with Gasteiger partial charge < -0.3 is 10.5 Å². The van der Waals surface area contributed by atoms with E-state index in [1.165, 1.54) is 0 Å². The molecular weight excluding hydrogens is 244 g/mol. The normalized spacial score (nSPS) is 10.4. The number of pyridine rings is 1. The number of unbranched alkanes of at least 4 members (excludes halogenated alkanes) is 1. The van der Waals surface area contributed by atoms with Crippen molar-refractivity contribution < 1.29 is 4.74 Å². The van der Waals surface area contributed by atoms with Crippen LogP contribution in [0.3, 0.4) is 0 Å². The van der Waals surface area contributed by atoms with Crippen LogP contribution in [-0.2, 0) is 11.3 Å². The Morgan fingerprint density at radius 3 is 2.93 bits per heavy atom. The van der Waals surface area contributed by atoms with Crippen molar-refractivity contribution in [1.82, 2.24) is 4.98 Å². The third kappa shape index (κ3) is 4.69. The summed E-state index contributed by atoms with van der Waals surface area (Å²) in [5.41, 5.74) is 6.46. The summed E-state index contributed by atoms with van der Waals surface area (Å²) in [6, 6.07) is 2.01.